The van der Waals surface area contributed by atoms with E-state index in [9.17, 15) is 0 Å². The van der Waals surface area contributed by atoms with Gasteiger partial charge in [0.25, 0.3) is 0 Å². The van der Waals surface area contributed by atoms with Gasteiger partial charge in [0.1, 0.15) is 17.0 Å². The summed E-state index contributed by atoms with van der Waals surface area (Å²) in [5.74, 6) is 0.466. The van der Waals surface area contributed by atoms with Crippen molar-refractivity contribution in [1.29, 1.82) is 0 Å². The molecule has 0 amide bonds. The van der Waals surface area contributed by atoms with Crippen LogP contribution >= 0.6 is 11.3 Å². The molecule has 2 aliphatic rings. The van der Waals surface area contributed by atoms with Crippen molar-refractivity contribution >= 4 is 37.5 Å². The second-order valence-corrected chi connectivity index (χ2v) is 8.06. The fourth-order valence-corrected chi connectivity index (χ4v) is 4.99. The number of fused-ring (bicyclic) bond motifs is 4. The van der Waals surface area contributed by atoms with Gasteiger partial charge in [0.2, 0.25) is 0 Å². The molecular weight excluding hydrogens is 322 g/mol. The van der Waals surface area contributed by atoms with Gasteiger partial charge in [-0.1, -0.05) is 18.2 Å². The Labute approximate surface area is 144 Å². The summed E-state index contributed by atoms with van der Waals surface area (Å²) in [6, 6.07) is 8.71. The smallest absolute Gasteiger partial charge is 0.163 e. The van der Waals surface area contributed by atoms with Gasteiger partial charge in [-0.2, -0.15) is 0 Å². The number of rotatable bonds is 2. The first-order valence-electron chi connectivity index (χ1n) is 8.33. The van der Waals surface area contributed by atoms with Gasteiger partial charge in [-0.05, 0) is 32.8 Å². The topological polar surface area (TPSA) is 56.3 Å². The summed E-state index contributed by atoms with van der Waals surface area (Å²) in [7, 11) is 0. The van der Waals surface area contributed by atoms with Gasteiger partial charge in [-0.3, -0.25) is 0 Å². The Balaban J connectivity index is 1.46. The Bertz CT molecular complexity index is 907. The Morgan fingerprint density at radius 1 is 1.12 bits per heavy atom. The molecule has 124 valence electrons. The molecule has 1 aliphatic heterocycles. The maximum absolute atomic E-state index is 5.99. The molecule has 1 aliphatic carbocycles. The first kappa shape index (κ1) is 14.6. The highest BCUT2D eigenvalue weighted by Crippen LogP contribution is 2.40. The fourth-order valence-electron chi connectivity index (χ4n) is 3.94. The molecule has 1 unspecified atom stereocenters. The van der Waals surface area contributed by atoms with E-state index in [0.29, 0.717) is 6.04 Å². The second kappa shape index (κ2) is 5.12. The van der Waals surface area contributed by atoms with Gasteiger partial charge in [0, 0.05) is 16.1 Å². The predicted molar refractivity (Wildman–Crippen MR) is 95.4 cm³/mol. The molecule has 2 aromatic heterocycles. The third-order valence-electron chi connectivity index (χ3n) is 4.84. The van der Waals surface area contributed by atoms with Crippen molar-refractivity contribution in [3.63, 3.8) is 0 Å². The molecule has 1 saturated heterocycles. The zero-order valence-corrected chi connectivity index (χ0v) is 14.5. The molecule has 3 heterocycles. The maximum Gasteiger partial charge on any atom is 0.163 e. The van der Waals surface area contributed by atoms with Crippen LogP contribution in [0.4, 0.5) is 5.82 Å². The van der Waals surface area contributed by atoms with E-state index in [2.05, 4.69) is 39.6 Å². The SMILES string of the molecule is CC1(C)O[C@H]2CC(Nc3ncnc4sc5ccccc5c34)C[C@H]2O1. The lowest BCUT2D eigenvalue weighted by Crippen LogP contribution is -2.26. The highest BCUT2D eigenvalue weighted by molar-refractivity contribution is 7.25. The van der Waals surface area contributed by atoms with Crippen molar-refractivity contribution in [2.75, 3.05) is 5.32 Å². The first-order valence-corrected chi connectivity index (χ1v) is 9.15. The van der Waals surface area contributed by atoms with E-state index in [0.717, 1.165) is 28.9 Å². The van der Waals surface area contributed by atoms with Crippen molar-refractivity contribution < 1.29 is 9.47 Å². The van der Waals surface area contributed by atoms with Crippen LogP contribution in [-0.4, -0.2) is 34.0 Å². The van der Waals surface area contributed by atoms with Crippen LogP contribution in [0.25, 0.3) is 20.3 Å². The number of thiophene rings is 1. The molecule has 2 fully saturated rings. The summed E-state index contributed by atoms with van der Waals surface area (Å²) in [4.78, 5) is 9.99. The number of nitrogens with one attached hydrogen (secondary N) is 1. The highest BCUT2D eigenvalue weighted by Gasteiger charge is 2.47. The van der Waals surface area contributed by atoms with Crippen LogP contribution in [0.3, 0.4) is 0 Å². The number of aromatic nitrogens is 2. The number of nitrogens with zero attached hydrogens (tertiary/aromatic N) is 2. The molecule has 5 rings (SSSR count). The Morgan fingerprint density at radius 3 is 2.67 bits per heavy atom. The molecule has 1 aromatic carbocycles. The summed E-state index contributed by atoms with van der Waals surface area (Å²) in [5.41, 5.74) is 0. The lowest BCUT2D eigenvalue weighted by molar-refractivity contribution is -0.151. The average molecular weight is 341 g/mol. The van der Waals surface area contributed by atoms with E-state index in [1.165, 1.54) is 10.1 Å². The van der Waals surface area contributed by atoms with Crippen LogP contribution in [0.1, 0.15) is 26.7 Å². The number of hydrogen-bond donors (Lipinski definition) is 1. The van der Waals surface area contributed by atoms with Crippen LogP contribution in [0, 0.1) is 0 Å². The fraction of sp³-hybridized carbons (Fsp3) is 0.444. The quantitative estimate of drug-likeness (QED) is 0.765. The van der Waals surface area contributed by atoms with E-state index in [4.69, 9.17) is 9.47 Å². The largest absolute Gasteiger partial charge is 0.366 e. The van der Waals surface area contributed by atoms with Crippen molar-refractivity contribution in [3.8, 4) is 0 Å². The van der Waals surface area contributed by atoms with Crippen molar-refractivity contribution in [2.24, 2.45) is 0 Å². The van der Waals surface area contributed by atoms with E-state index < -0.39 is 5.79 Å². The molecule has 3 atom stereocenters. The summed E-state index contributed by atoms with van der Waals surface area (Å²) < 4.78 is 13.2. The standard InChI is InChI=1S/C18H19N3O2S/c1-18(2)22-12-7-10(8-13(12)23-18)21-16-15-11-5-3-4-6-14(11)24-17(15)20-9-19-16/h3-6,9-10,12-13H,7-8H2,1-2H3,(H,19,20,21)/t10?,12-,13+. The normalized spacial score (nSPS) is 28.5. The molecule has 5 nitrogen and oxygen atoms in total. The molecule has 3 aromatic rings. The van der Waals surface area contributed by atoms with Gasteiger partial charge in [0.05, 0.1) is 17.6 Å². The summed E-state index contributed by atoms with van der Waals surface area (Å²) in [5, 5.41) is 5.95. The molecule has 1 saturated carbocycles. The number of benzene rings is 1. The van der Waals surface area contributed by atoms with E-state index in [1.807, 2.05) is 13.8 Å². The molecule has 0 bridgehead atoms. The summed E-state index contributed by atoms with van der Waals surface area (Å²) in [6.45, 7) is 3.97. The van der Waals surface area contributed by atoms with Crippen molar-refractivity contribution in [3.05, 3.63) is 30.6 Å². The molecule has 0 spiro atoms. The third kappa shape index (κ3) is 2.29. The van der Waals surface area contributed by atoms with E-state index in [-0.39, 0.29) is 12.2 Å². The molecule has 24 heavy (non-hydrogen) atoms. The van der Waals surface area contributed by atoms with Crippen LogP contribution in [-0.2, 0) is 9.47 Å². The Kier molecular flexibility index (Phi) is 3.11. The minimum absolute atomic E-state index is 0.175. The van der Waals surface area contributed by atoms with Crippen LogP contribution in [0.15, 0.2) is 30.6 Å². The molecule has 6 heteroatoms. The van der Waals surface area contributed by atoms with Gasteiger partial charge in [-0.15, -0.1) is 11.3 Å². The lowest BCUT2D eigenvalue weighted by atomic mass is 10.2. The summed E-state index contributed by atoms with van der Waals surface area (Å²) >= 11 is 1.71. The van der Waals surface area contributed by atoms with Crippen LogP contribution < -0.4 is 5.32 Å². The molecule has 1 N–H and O–H groups in total. The average Bonchev–Trinajstić information content (AvgIpc) is 3.15. The van der Waals surface area contributed by atoms with Gasteiger partial charge >= 0.3 is 0 Å². The zero-order chi connectivity index (χ0) is 16.3. The van der Waals surface area contributed by atoms with E-state index in [1.54, 1.807) is 17.7 Å². The van der Waals surface area contributed by atoms with Gasteiger partial charge in [-0.25, -0.2) is 9.97 Å². The van der Waals surface area contributed by atoms with Crippen LogP contribution in [0.5, 0.6) is 0 Å². The lowest BCUT2D eigenvalue weighted by Gasteiger charge is -2.21. The molecular formula is C18H19N3O2S. The van der Waals surface area contributed by atoms with Crippen molar-refractivity contribution in [1.82, 2.24) is 9.97 Å². The Hall–Kier alpha value is -1.76. The minimum atomic E-state index is -0.452. The maximum atomic E-state index is 5.99. The Morgan fingerprint density at radius 2 is 1.88 bits per heavy atom. The van der Waals surface area contributed by atoms with Crippen LogP contribution in [0.2, 0.25) is 0 Å². The predicted octanol–water partition coefficient (Wildman–Crippen LogP) is 3.94. The number of hydrogen-bond acceptors (Lipinski definition) is 6. The zero-order valence-electron chi connectivity index (χ0n) is 13.7. The highest BCUT2D eigenvalue weighted by atomic mass is 32.1. The number of ether oxygens (including phenoxy) is 2. The second-order valence-electron chi connectivity index (χ2n) is 7.03. The minimum Gasteiger partial charge on any atom is -0.366 e. The summed E-state index contributed by atoms with van der Waals surface area (Å²) in [6.07, 6.45) is 3.89. The van der Waals surface area contributed by atoms with E-state index >= 15 is 0 Å². The monoisotopic (exact) mass is 341 g/mol. The van der Waals surface area contributed by atoms with Crippen molar-refractivity contribution in [2.45, 2.75) is 50.7 Å². The third-order valence-corrected chi connectivity index (χ3v) is 5.91. The molecule has 0 radical (unpaired) electrons. The van der Waals surface area contributed by atoms with Gasteiger partial charge < -0.3 is 14.8 Å². The first-order chi connectivity index (χ1) is 11.6. The van der Waals surface area contributed by atoms with Gasteiger partial charge in [0.15, 0.2) is 5.79 Å². The number of anilines is 1.